The summed E-state index contributed by atoms with van der Waals surface area (Å²) in [7, 11) is 0. The van der Waals surface area contributed by atoms with Gasteiger partial charge in [-0.15, -0.1) is 0 Å². The van der Waals surface area contributed by atoms with Crippen LogP contribution in [0.2, 0.25) is 0 Å². The zero-order valence-corrected chi connectivity index (χ0v) is 16.8. The number of amides is 2. The van der Waals surface area contributed by atoms with Crippen LogP contribution in [0.15, 0.2) is 30.5 Å². The summed E-state index contributed by atoms with van der Waals surface area (Å²) in [6, 6.07) is 7.61. The highest BCUT2D eigenvalue weighted by molar-refractivity contribution is 7.15. The van der Waals surface area contributed by atoms with E-state index in [0.29, 0.717) is 33.5 Å². The number of nitrogens with zero attached hydrogens (tertiary/aromatic N) is 2. The van der Waals surface area contributed by atoms with E-state index in [-0.39, 0.29) is 17.9 Å². The van der Waals surface area contributed by atoms with Crippen LogP contribution < -0.4 is 15.4 Å². The minimum atomic E-state index is -0.133. The standard InChI is InChI=1S/C20H24N4O3S/c1-12-18(14-7-9-24(12)10-8-14)23-19(26)20-21-11-17(28-20)27-16-5-3-15(4-6-16)22-13(2)25/h3-6,11-12,14,18H,7-10H2,1-2H3,(H,22,25)(H,23,26)/t12-,18+/m1/s1. The number of carbonyl (C=O) groups is 2. The molecule has 0 unspecified atom stereocenters. The summed E-state index contributed by atoms with van der Waals surface area (Å²) in [5, 5.41) is 6.86. The second-order valence-electron chi connectivity index (χ2n) is 7.41. The smallest absolute Gasteiger partial charge is 0.280 e. The number of benzene rings is 1. The molecular weight excluding hydrogens is 376 g/mol. The molecule has 28 heavy (non-hydrogen) atoms. The number of anilines is 1. The van der Waals surface area contributed by atoms with E-state index in [1.807, 2.05) is 0 Å². The first-order valence-corrected chi connectivity index (χ1v) is 10.4. The van der Waals surface area contributed by atoms with Gasteiger partial charge in [0, 0.05) is 24.7 Å². The fraction of sp³-hybridized carbons (Fsp3) is 0.450. The Hall–Kier alpha value is -2.45. The molecule has 0 aliphatic carbocycles. The number of fused-ring (bicyclic) bond motifs is 3. The lowest BCUT2D eigenvalue weighted by Crippen LogP contribution is -2.62. The van der Waals surface area contributed by atoms with E-state index in [9.17, 15) is 9.59 Å². The molecule has 1 aromatic heterocycles. The highest BCUT2D eigenvalue weighted by Gasteiger charge is 2.40. The molecule has 4 heterocycles. The van der Waals surface area contributed by atoms with Crippen LogP contribution in [0.5, 0.6) is 10.8 Å². The quantitative estimate of drug-likeness (QED) is 0.806. The number of piperidine rings is 3. The Bertz CT molecular complexity index is 857. The maximum Gasteiger partial charge on any atom is 0.280 e. The van der Waals surface area contributed by atoms with Gasteiger partial charge >= 0.3 is 0 Å². The molecule has 8 heteroatoms. The third-order valence-corrected chi connectivity index (χ3v) is 6.42. The van der Waals surface area contributed by atoms with E-state index in [0.717, 1.165) is 25.9 Å². The molecule has 0 spiro atoms. The van der Waals surface area contributed by atoms with E-state index in [4.69, 9.17) is 4.74 Å². The minimum Gasteiger partial charge on any atom is -0.445 e. The van der Waals surface area contributed by atoms with Gasteiger partial charge in [0.15, 0.2) is 5.01 Å². The molecule has 3 aliphatic rings. The van der Waals surface area contributed by atoms with Crippen molar-refractivity contribution in [3.05, 3.63) is 35.5 Å². The van der Waals surface area contributed by atoms with Gasteiger partial charge in [0.2, 0.25) is 11.0 Å². The zero-order valence-electron chi connectivity index (χ0n) is 16.0. The number of rotatable bonds is 5. The molecule has 2 atom stereocenters. The van der Waals surface area contributed by atoms with Gasteiger partial charge in [0.1, 0.15) is 5.75 Å². The van der Waals surface area contributed by atoms with E-state index >= 15 is 0 Å². The van der Waals surface area contributed by atoms with Gasteiger partial charge in [-0.3, -0.25) is 14.5 Å². The normalized spacial score (nSPS) is 25.9. The Kier molecular flexibility index (Phi) is 5.32. The van der Waals surface area contributed by atoms with E-state index in [1.54, 1.807) is 30.5 Å². The van der Waals surface area contributed by atoms with Gasteiger partial charge in [0.25, 0.3) is 5.91 Å². The second-order valence-corrected chi connectivity index (χ2v) is 8.40. The molecule has 1 aromatic carbocycles. The molecule has 3 fully saturated rings. The molecule has 3 saturated heterocycles. The molecule has 2 amide bonds. The third-order valence-electron chi connectivity index (χ3n) is 5.55. The van der Waals surface area contributed by atoms with Gasteiger partial charge in [0.05, 0.1) is 6.20 Å². The Balaban J connectivity index is 1.37. The Morgan fingerprint density at radius 3 is 2.57 bits per heavy atom. The zero-order chi connectivity index (χ0) is 19.7. The summed E-state index contributed by atoms with van der Waals surface area (Å²) in [5.41, 5.74) is 0.705. The number of nitrogens with one attached hydrogen (secondary N) is 2. The first-order chi connectivity index (χ1) is 13.5. The number of hydrogen-bond acceptors (Lipinski definition) is 6. The average molecular weight is 401 g/mol. The van der Waals surface area contributed by atoms with Gasteiger partial charge in [-0.2, -0.15) is 0 Å². The van der Waals surface area contributed by atoms with Crippen LogP contribution in [0.4, 0.5) is 5.69 Å². The summed E-state index contributed by atoms with van der Waals surface area (Å²) in [5.74, 6) is 0.924. The molecule has 0 radical (unpaired) electrons. The summed E-state index contributed by atoms with van der Waals surface area (Å²) >= 11 is 1.23. The second kappa shape index (κ2) is 7.89. The van der Waals surface area contributed by atoms with Crippen molar-refractivity contribution < 1.29 is 14.3 Å². The highest BCUT2D eigenvalue weighted by Crippen LogP contribution is 2.33. The monoisotopic (exact) mass is 400 g/mol. The van der Waals surface area contributed by atoms with Crippen LogP contribution in [0.1, 0.15) is 36.5 Å². The first kappa shape index (κ1) is 18.9. The van der Waals surface area contributed by atoms with Crippen LogP contribution in [-0.4, -0.2) is 46.9 Å². The van der Waals surface area contributed by atoms with E-state index < -0.39 is 0 Å². The molecule has 0 saturated carbocycles. The van der Waals surface area contributed by atoms with E-state index in [2.05, 4.69) is 27.4 Å². The maximum absolute atomic E-state index is 12.7. The van der Waals surface area contributed by atoms with E-state index in [1.165, 1.54) is 18.3 Å². The SMILES string of the molecule is CC(=O)Nc1ccc(Oc2cnc(C(=O)N[C@@H]3C4CCN(CC4)[C@@H]3C)s2)cc1. The maximum atomic E-state index is 12.7. The molecule has 2 bridgehead atoms. The summed E-state index contributed by atoms with van der Waals surface area (Å²) in [6.45, 7) is 5.92. The predicted molar refractivity (Wildman–Crippen MR) is 108 cm³/mol. The van der Waals surface area contributed by atoms with Crippen LogP contribution >= 0.6 is 11.3 Å². The average Bonchev–Trinajstić information content (AvgIpc) is 3.15. The molecular formula is C20H24N4O3S. The number of ether oxygens (including phenoxy) is 1. The summed E-state index contributed by atoms with van der Waals surface area (Å²) in [4.78, 5) is 30.4. The molecule has 2 aromatic rings. The first-order valence-electron chi connectivity index (χ1n) is 9.56. The molecule has 148 valence electrons. The van der Waals surface area contributed by atoms with Crippen molar-refractivity contribution in [3.63, 3.8) is 0 Å². The number of hydrogen-bond donors (Lipinski definition) is 2. The van der Waals surface area contributed by atoms with Crippen LogP contribution in [-0.2, 0) is 4.79 Å². The van der Waals surface area contributed by atoms with Crippen LogP contribution in [0.25, 0.3) is 0 Å². The topological polar surface area (TPSA) is 83.6 Å². The third kappa shape index (κ3) is 4.02. The van der Waals surface area contributed by atoms with Crippen molar-refractivity contribution in [2.24, 2.45) is 5.92 Å². The predicted octanol–water partition coefficient (Wildman–Crippen LogP) is 3.11. The van der Waals surface area contributed by atoms with Crippen LogP contribution in [0.3, 0.4) is 0 Å². The fourth-order valence-corrected chi connectivity index (χ4v) is 4.79. The lowest BCUT2D eigenvalue weighted by molar-refractivity contribution is -0.114. The van der Waals surface area contributed by atoms with Gasteiger partial charge in [-0.05, 0) is 63.0 Å². The molecule has 3 aliphatic heterocycles. The van der Waals surface area contributed by atoms with Crippen molar-refractivity contribution in [1.82, 2.24) is 15.2 Å². The Morgan fingerprint density at radius 2 is 1.93 bits per heavy atom. The lowest BCUT2D eigenvalue weighted by atomic mass is 9.79. The number of carbonyl (C=O) groups excluding carboxylic acids is 2. The fourth-order valence-electron chi connectivity index (χ4n) is 4.10. The largest absolute Gasteiger partial charge is 0.445 e. The summed E-state index contributed by atoms with van der Waals surface area (Å²) in [6.07, 6.45) is 3.87. The van der Waals surface area contributed by atoms with Gasteiger partial charge < -0.3 is 15.4 Å². The number of thiazole rings is 1. The van der Waals surface area contributed by atoms with Crippen molar-refractivity contribution >= 4 is 28.8 Å². The van der Waals surface area contributed by atoms with Crippen molar-refractivity contribution in [1.29, 1.82) is 0 Å². The van der Waals surface area contributed by atoms with Crippen molar-refractivity contribution in [3.8, 4) is 10.8 Å². The summed E-state index contributed by atoms with van der Waals surface area (Å²) < 4.78 is 5.78. The highest BCUT2D eigenvalue weighted by atomic mass is 32.1. The lowest BCUT2D eigenvalue weighted by Gasteiger charge is -2.49. The molecule has 2 N–H and O–H groups in total. The minimum absolute atomic E-state index is 0.121. The molecule has 7 nitrogen and oxygen atoms in total. The van der Waals surface area contributed by atoms with Crippen molar-refractivity contribution in [2.45, 2.75) is 38.8 Å². The Labute approximate surface area is 168 Å². The van der Waals surface area contributed by atoms with Gasteiger partial charge in [-0.1, -0.05) is 11.3 Å². The molecule has 5 rings (SSSR count). The van der Waals surface area contributed by atoms with Crippen molar-refractivity contribution in [2.75, 3.05) is 18.4 Å². The number of aromatic nitrogens is 1. The Morgan fingerprint density at radius 1 is 1.21 bits per heavy atom. The van der Waals surface area contributed by atoms with Gasteiger partial charge in [-0.25, -0.2) is 4.98 Å². The van der Waals surface area contributed by atoms with Crippen LogP contribution in [0, 0.1) is 5.92 Å².